The van der Waals surface area contributed by atoms with E-state index in [9.17, 15) is 19.4 Å². The third kappa shape index (κ3) is 56.7. The number of allylic oxidation sites excluding steroid dienone is 4. The molecule has 3 atom stereocenters. The fourth-order valence-electron chi connectivity index (χ4n) is 9.73. The fourth-order valence-corrected chi connectivity index (χ4v) is 10.5. The summed E-state index contributed by atoms with van der Waals surface area (Å²) in [5.41, 5.74) is 0. The molecule has 0 aromatic rings. The molecule has 0 aliphatic heterocycles. The Balaban J connectivity index is 4.09. The molecule has 0 bridgehead atoms. The number of phosphoric ester groups is 1. The normalized spacial score (nSPS) is 13.9. The van der Waals surface area contributed by atoms with E-state index in [1.165, 1.54) is 250 Å². The minimum atomic E-state index is -4.33. The van der Waals surface area contributed by atoms with Crippen LogP contribution in [0.4, 0.5) is 0 Å². The van der Waals surface area contributed by atoms with Gasteiger partial charge in [0.1, 0.15) is 13.2 Å². The quantitative estimate of drug-likeness (QED) is 0.0243. The molecular weight excluding hydrogens is 912 g/mol. The Morgan fingerprint density at radius 1 is 0.472 bits per heavy atom. The number of hydrogen-bond donors (Lipinski definition) is 3. The summed E-state index contributed by atoms with van der Waals surface area (Å²) in [6.07, 6.45) is 69.6. The zero-order valence-corrected chi connectivity index (χ0v) is 49.8. The molecule has 1 amide bonds. The van der Waals surface area contributed by atoms with Gasteiger partial charge in [0.25, 0.3) is 0 Å². The second kappa shape index (κ2) is 54.8. The Bertz CT molecular complexity index is 1220. The van der Waals surface area contributed by atoms with E-state index in [-0.39, 0.29) is 19.1 Å². The van der Waals surface area contributed by atoms with E-state index < -0.39 is 20.0 Å². The van der Waals surface area contributed by atoms with Crippen molar-refractivity contribution in [3.63, 3.8) is 0 Å². The highest BCUT2D eigenvalue weighted by Gasteiger charge is 2.28. The van der Waals surface area contributed by atoms with E-state index in [4.69, 9.17) is 9.05 Å². The average Bonchev–Trinajstić information content (AvgIpc) is 3.34. The number of likely N-dealkylation sites (N-methyl/N-ethyl adjacent to an activating group) is 1. The molecule has 72 heavy (non-hydrogen) atoms. The van der Waals surface area contributed by atoms with Crippen molar-refractivity contribution in [3.05, 3.63) is 24.3 Å². The Kier molecular flexibility index (Phi) is 54.0. The van der Waals surface area contributed by atoms with Gasteiger partial charge in [-0.05, 0) is 44.9 Å². The molecule has 0 aromatic carbocycles. The maximum absolute atomic E-state index is 13.0. The van der Waals surface area contributed by atoms with Gasteiger partial charge < -0.3 is 19.8 Å². The second-order valence-electron chi connectivity index (χ2n) is 23.1. The van der Waals surface area contributed by atoms with Crippen LogP contribution < -0.4 is 5.32 Å². The summed E-state index contributed by atoms with van der Waals surface area (Å²) in [7, 11) is 1.63. The number of carbonyl (C=O) groups is 1. The molecule has 0 saturated heterocycles. The van der Waals surface area contributed by atoms with Crippen LogP contribution in [0.3, 0.4) is 0 Å². The minimum absolute atomic E-state index is 0.0759. The third-order valence-electron chi connectivity index (χ3n) is 14.7. The summed E-state index contributed by atoms with van der Waals surface area (Å²) in [6, 6.07) is -0.762. The lowest BCUT2D eigenvalue weighted by Gasteiger charge is -2.26. The van der Waals surface area contributed by atoms with Gasteiger partial charge in [-0.25, -0.2) is 4.57 Å². The summed E-state index contributed by atoms with van der Waals surface area (Å²) >= 11 is 0. The molecule has 0 aliphatic rings. The van der Waals surface area contributed by atoms with Gasteiger partial charge in [0, 0.05) is 6.42 Å². The van der Waals surface area contributed by atoms with Crippen molar-refractivity contribution >= 4 is 13.7 Å². The molecule has 0 heterocycles. The average molecular weight is 1040 g/mol. The van der Waals surface area contributed by atoms with Gasteiger partial charge in [-0.15, -0.1) is 0 Å². The number of unbranched alkanes of at least 4 members (excludes halogenated alkanes) is 42. The maximum atomic E-state index is 13.0. The van der Waals surface area contributed by atoms with E-state index >= 15 is 0 Å². The largest absolute Gasteiger partial charge is 0.472 e. The van der Waals surface area contributed by atoms with Gasteiger partial charge in [0.15, 0.2) is 0 Å². The van der Waals surface area contributed by atoms with Crippen LogP contribution in [0.5, 0.6) is 0 Å². The number of rotatable bonds is 59. The summed E-state index contributed by atoms with van der Waals surface area (Å²) < 4.78 is 23.8. The molecule has 0 aliphatic carbocycles. The Morgan fingerprint density at radius 2 is 0.792 bits per heavy atom. The Morgan fingerprint density at radius 3 is 1.14 bits per heavy atom. The molecule has 3 N–H and O–H groups in total. The highest BCUT2D eigenvalue weighted by molar-refractivity contribution is 7.47. The van der Waals surface area contributed by atoms with Crippen LogP contribution in [0.2, 0.25) is 0 Å². The molecular formula is C63H126N2O6P+. The summed E-state index contributed by atoms with van der Waals surface area (Å²) in [4.78, 5) is 23.4. The molecule has 0 aromatic heterocycles. The number of amides is 1. The number of aliphatic hydroxyl groups is 1. The van der Waals surface area contributed by atoms with Gasteiger partial charge in [-0.2, -0.15) is 0 Å². The van der Waals surface area contributed by atoms with E-state index in [1.54, 1.807) is 0 Å². The van der Waals surface area contributed by atoms with Crippen molar-refractivity contribution < 1.29 is 32.9 Å². The molecule has 8 nitrogen and oxygen atoms in total. The second-order valence-corrected chi connectivity index (χ2v) is 24.6. The first-order valence-corrected chi connectivity index (χ1v) is 33.2. The lowest BCUT2D eigenvalue weighted by Crippen LogP contribution is -2.46. The Labute approximate surface area is 449 Å². The third-order valence-corrected chi connectivity index (χ3v) is 15.7. The maximum Gasteiger partial charge on any atom is 0.472 e. The smallest absolute Gasteiger partial charge is 0.391 e. The van der Waals surface area contributed by atoms with Crippen molar-refractivity contribution in [3.8, 4) is 0 Å². The van der Waals surface area contributed by atoms with Gasteiger partial charge in [-0.1, -0.05) is 295 Å². The van der Waals surface area contributed by atoms with Crippen molar-refractivity contribution in [1.82, 2.24) is 5.32 Å². The lowest BCUT2D eigenvalue weighted by atomic mass is 10.0. The van der Waals surface area contributed by atoms with Crippen molar-refractivity contribution in [1.29, 1.82) is 0 Å². The molecule has 0 spiro atoms. The standard InChI is InChI=1S/C63H125N2O6P/c1-6-8-10-12-14-16-18-20-22-24-26-28-30-31-32-33-35-36-38-40-42-44-46-48-50-52-54-56-62(66)61(60-71-72(68,69)70-59-58-65(3,4)5)64-63(67)57-55-53-51-49-47-45-43-41-39-37-34-29-27-25-23-21-19-17-15-13-11-9-7-2/h19,21,25,27,61-62,66H,6-18,20,22-24,26,28-60H2,1-5H3,(H-,64,67,68,69)/p+1/b21-19-,27-25-. The van der Waals surface area contributed by atoms with Crippen LogP contribution in [0.15, 0.2) is 24.3 Å². The first kappa shape index (κ1) is 71.0. The first-order chi connectivity index (χ1) is 35.0. The molecule has 428 valence electrons. The summed E-state index contributed by atoms with van der Waals surface area (Å²) in [5.74, 6) is -0.141. The predicted octanol–water partition coefficient (Wildman–Crippen LogP) is 19.5. The number of hydrogen-bond acceptors (Lipinski definition) is 5. The Hall–Kier alpha value is -1.02. The van der Waals surface area contributed by atoms with E-state index in [1.807, 2.05) is 21.1 Å². The van der Waals surface area contributed by atoms with Crippen molar-refractivity contribution in [2.75, 3.05) is 40.9 Å². The van der Waals surface area contributed by atoms with Crippen LogP contribution in [0.1, 0.15) is 322 Å². The number of aliphatic hydroxyl groups excluding tert-OH is 1. The predicted molar refractivity (Wildman–Crippen MR) is 314 cm³/mol. The molecule has 0 fully saturated rings. The monoisotopic (exact) mass is 1040 g/mol. The highest BCUT2D eigenvalue weighted by Crippen LogP contribution is 2.43. The fraction of sp³-hybridized carbons (Fsp3) is 0.921. The number of nitrogens with one attached hydrogen (secondary N) is 1. The van der Waals surface area contributed by atoms with Crippen LogP contribution in [0.25, 0.3) is 0 Å². The van der Waals surface area contributed by atoms with Crippen molar-refractivity contribution in [2.45, 2.75) is 334 Å². The zero-order valence-electron chi connectivity index (χ0n) is 48.9. The van der Waals surface area contributed by atoms with Crippen LogP contribution in [-0.4, -0.2) is 73.4 Å². The highest BCUT2D eigenvalue weighted by atomic mass is 31.2. The zero-order chi connectivity index (χ0) is 52.7. The molecule has 9 heteroatoms. The number of quaternary nitrogens is 1. The minimum Gasteiger partial charge on any atom is -0.391 e. The molecule has 3 unspecified atom stereocenters. The van der Waals surface area contributed by atoms with Gasteiger partial charge in [-0.3, -0.25) is 13.8 Å². The van der Waals surface area contributed by atoms with E-state index in [0.29, 0.717) is 23.9 Å². The van der Waals surface area contributed by atoms with Gasteiger partial charge >= 0.3 is 7.82 Å². The van der Waals surface area contributed by atoms with Gasteiger partial charge in [0.2, 0.25) is 5.91 Å². The topological polar surface area (TPSA) is 105 Å². The molecule has 0 rings (SSSR count). The van der Waals surface area contributed by atoms with Crippen LogP contribution in [-0.2, 0) is 18.4 Å². The van der Waals surface area contributed by atoms with Gasteiger partial charge in [0.05, 0.1) is 39.9 Å². The molecule has 0 saturated carbocycles. The van der Waals surface area contributed by atoms with Crippen molar-refractivity contribution in [2.24, 2.45) is 0 Å². The number of carbonyl (C=O) groups excluding carboxylic acids is 1. The number of nitrogens with zero attached hydrogens (tertiary/aromatic N) is 1. The first-order valence-electron chi connectivity index (χ1n) is 31.7. The van der Waals surface area contributed by atoms with Crippen LogP contribution >= 0.6 is 7.82 Å². The lowest BCUT2D eigenvalue weighted by molar-refractivity contribution is -0.870. The summed E-state index contributed by atoms with van der Waals surface area (Å²) in [6.45, 7) is 4.93. The van der Waals surface area contributed by atoms with Crippen LogP contribution in [0, 0.1) is 0 Å². The number of phosphoric acid groups is 1. The SMILES string of the molecule is CCCCCCC/C=C\C/C=C\CCCCCCCCCCCCCC(=O)NC(COP(=O)(O)OCC[N+](C)(C)C)C(O)CCCCCCCCCCCCCCCCCCCCCCCCCCCCC. The summed E-state index contributed by atoms with van der Waals surface area (Å²) in [5, 5.41) is 14.1. The van der Waals surface area contributed by atoms with E-state index in [0.717, 1.165) is 44.9 Å². The molecule has 0 radical (unpaired) electrons. The van der Waals surface area contributed by atoms with E-state index in [2.05, 4.69) is 43.5 Å².